The van der Waals surface area contributed by atoms with E-state index in [4.69, 9.17) is 9.47 Å². The molecule has 0 atom stereocenters. The summed E-state index contributed by atoms with van der Waals surface area (Å²) in [5, 5.41) is 9.59. The summed E-state index contributed by atoms with van der Waals surface area (Å²) in [6.07, 6.45) is 0. The van der Waals surface area contributed by atoms with Crippen molar-refractivity contribution in [3.63, 3.8) is 0 Å². The molecule has 0 aliphatic heterocycles. The summed E-state index contributed by atoms with van der Waals surface area (Å²) < 4.78 is 16.0. The molecule has 6 nitrogen and oxygen atoms in total. The lowest BCUT2D eigenvalue weighted by Crippen LogP contribution is -1.95. The summed E-state index contributed by atoms with van der Waals surface area (Å²) in [7, 11) is 3.43. The molecule has 0 spiro atoms. The maximum Gasteiger partial charge on any atom is 0.120 e. The van der Waals surface area contributed by atoms with E-state index >= 15 is 0 Å². The fourth-order valence-electron chi connectivity index (χ4n) is 9.24. The van der Waals surface area contributed by atoms with Gasteiger partial charge in [-0.3, -0.25) is 0 Å². The molecule has 12 rings (SSSR count). The lowest BCUT2D eigenvalue weighted by atomic mass is 9.96. The second-order valence-electron chi connectivity index (χ2n) is 14.6. The van der Waals surface area contributed by atoms with Gasteiger partial charge in [0.2, 0.25) is 0 Å². The SMILES string of the molecule is COc1ccc2c(c1)[nH]c1cc3c4ccccc4n(-c4ccc(-c5cc6c7ccc(OC)cc7[nH]c6c6c5c5ccccc5n6-c5ccccc5)cc4)c3cc12. The van der Waals surface area contributed by atoms with E-state index in [-0.39, 0.29) is 0 Å². The molecule has 0 amide bonds. The third kappa shape index (κ3) is 4.26. The van der Waals surface area contributed by atoms with Gasteiger partial charge in [0.25, 0.3) is 0 Å². The zero-order chi connectivity index (χ0) is 37.1. The van der Waals surface area contributed by atoms with E-state index in [1.54, 1.807) is 14.2 Å². The molecule has 4 heterocycles. The number of H-pyrrole nitrogens is 2. The lowest BCUT2D eigenvalue weighted by molar-refractivity contribution is 0.415. The summed E-state index contributed by atoms with van der Waals surface area (Å²) in [4.78, 5) is 7.47. The van der Waals surface area contributed by atoms with E-state index in [0.29, 0.717) is 0 Å². The number of nitrogens with zero attached hydrogens (tertiary/aromatic N) is 2. The predicted molar refractivity (Wildman–Crippen MR) is 232 cm³/mol. The van der Waals surface area contributed by atoms with E-state index in [1.807, 2.05) is 12.1 Å². The van der Waals surface area contributed by atoms with E-state index in [0.717, 1.165) is 61.4 Å². The standard InChI is InChI=1S/C50H34N4O2/c1-55-32-20-22-34-39-28-47-40(27-44(39)51-42(34)24-32)36-12-6-8-14-45(36)53(47)31-18-16-29(17-19-31)38-26-41-35-23-21-33(56-2)25-43(35)52-49(41)50-48(38)37-13-7-9-15-46(37)54(50)30-10-4-3-5-11-30/h3-28,51-52H,1-2H3. The maximum atomic E-state index is 5.65. The largest absolute Gasteiger partial charge is 0.497 e. The molecule has 0 bridgehead atoms. The molecule has 12 aromatic rings. The van der Waals surface area contributed by atoms with Crippen molar-refractivity contribution in [2.75, 3.05) is 14.2 Å². The Morgan fingerprint density at radius 1 is 0.411 bits per heavy atom. The molecule has 6 heteroatoms. The first-order chi connectivity index (χ1) is 27.7. The minimum Gasteiger partial charge on any atom is -0.497 e. The van der Waals surface area contributed by atoms with E-state index in [1.165, 1.54) is 59.8 Å². The Kier molecular flexibility index (Phi) is 6.38. The third-order valence-corrected chi connectivity index (χ3v) is 11.8. The molecular formula is C50H34N4O2. The highest BCUT2D eigenvalue weighted by Crippen LogP contribution is 2.45. The summed E-state index contributed by atoms with van der Waals surface area (Å²) in [5.41, 5.74) is 13.6. The highest BCUT2D eigenvalue weighted by Gasteiger charge is 2.22. The second-order valence-corrected chi connectivity index (χ2v) is 14.6. The van der Waals surface area contributed by atoms with E-state index in [2.05, 4.69) is 165 Å². The van der Waals surface area contributed by atoms with Crippen molar-refractivity contribution >= 4 is 87.2 Å². The number of ether oxygens (including phenoxy) is 2. The predicted octanol–water partition coefficient (Wildman–Crippen LogP) is 12.8. The maximum absolute atomic E-state index is 5.65. The van der Waals surface area contributed by atoms with Crippen LogP contribution < -0.4 is 9.47 Å². The Morgan fingerprint density at radius 2 is 1.02 bits per heavy atom. The molecule has 0 saturated carbocycles. The number of hydrogen-bond acceptors (Lipinski definition) is 2. The quantitative estimate of drug-likeness (QED) is 0.186. The molecule has 0 saturated heterocycles. The molecule has 0 aliphatic carbocycles. The van der Waals surface area contributed by atoms with Gasteiger partial charge in [-0.2, -0.15) is 0 Å². The molecule has 2 N–H and O–H groups in total. The first-order valence-corrected chi connectivity index (χ1v) is 18.9. The second kappa shape index (κ2) is 11.5. The minimum absolute atomic E-state index is 0.829. The number of rotatable bonds is 5. The van der Waals surface area contributed by atoms with Crippen molar-refractivity contribution in [3.05, 3.63) is 158 Å². The summed E-state index contributed by atoms with van der Waals surface area (Å²) in [6.45, 7) is 0. The van der Waals surface area contributed by atoms with Gasteiger partial charge >= 0.3 is 0 Å². The first-order valence-electron chi connectivity index (χ1n) is 18.9. The van der Waals surface area contributed by atoms with Crippen molar-refractivity contribution in [3.8, 4) is 34.0 Å². The summed E-state index contributed by atoms with van der Waals surface area (Å²) in [6, 6.07) is 56.9. The zero-order valence-electron chi connectivity index (χ0n) is 30.7. The van der Waals surface area contributed by atoms with Crippen molar-refractivity contribution in [2.24, 2.45) is 0 Å². The molecule has 0 unspecified atom stereocenters. The van der Waals surface area contributed by atoms with Gasteiger partial charge < -0.3 is 28.6 Å². The fourth-order valence-corrected chi connectivity index (χ4v) is 9.24. The Labute approximate surface area is 320 Å². The molecule has 56 heavy (non-hydrogen) atoms. The normalized spacial score (nSPS) is 12.1. The van der Waals surface area contributed by atoms with Gasteiger partial charge in [0.1, 0.15) is 11.5 Å². The van der Waals surface area contributed by atoms with Crippen LogP contribution in [0.4, 0.5) is 0 Å². The van der Waals surface area contributed by atoms with Crippen LogP contribution in [-0.2, 0) is 0 Å². The van der Waals surface area contributed by atoms with Crippen molar-refractivity contribution < 1.29 is 9.47 Å². The molecule has 4 aromatic heterocycles. The number of methoxy groups -OCH3 is 2. The van der Waals surface area contributed by atoms with Crippen LogP contribution in [0.25, 0.3) is 110 Å². The lowest BCUT2D eigenvalue weighted by Gasteiger charge is -2.12. The number of hydrogen-bond donors (Lipinski definition) is 2. The third-order valence-electron chi connectivity index (χ3n) is 11.8. The highest BCUT2D eigenvalue weighted by atomic mass is 16.5. The molecule has 266 valence electrons. The average Bonchev–Trinajstić information content (AvgIpc) is 4.00. The van der Waals surface area contributed by atoms with Crippen LogP contribution in [0.3, 0.4) is 0 Å². The summed E-state index contributed by atoms with van der Waals surface area (Å²) >= 11 is 0. The van der Waals surface area contributed by atoms with Crippen LogP contribution in [0.2, 0.25) is 0 Å². The fraction of sp³-hybridized carbons (Fsp3) is 0.0400. The average molecular weight is 723 g/mol. The van der Waals surface area contributed by atoms with Gasteiger partial charge in [0, 0.05) is 72.1 Å². The van der Waals surface area contributed by atoms with Gasteiger partial charge in [0.05, 0.1) is 52.8 Å². The van der Waals surface area contributed by atoms with Gasteiger partial charge in [-0.05, 0) is 90.0 Å². The van der Waals surface area contributed by atoms with Crippen LogP contribution >= 0.6 is 0 Å². The number of benzene rings is 8. The molecule has 0 fully saturated rings. The van der Waals surface area contributed by atoms with Gasteiger partial charge in [0.15, 0.2) is 0 Å². The van der Waals surface area contributed by atoms with Crippen LogP contribution in [0, 0.1) is 0 Å². The molecule has 0 radical (unpaired) electrons. The molecule has 0 aliphatic rings. The summed E-state index contributed by atoms with van der Waals surface area (Å²) in [5.74, 6) is 1.67. The van der Waals surface area contributed by atoms with E-state index < -0.39 is 0 Å². The number of fused-ring (bicyclic) bond motifs is 13. The minimum atomic E-state index is 0.829. The number of aromatic nitrogens is 4. The molecule has 8 aromatic carbocycles. The van der Waals surface area contributed by atoms with Gasteiger partial charge in [-0.15, -0.1) is 0 Å². The number of aromatic amines is 2. The Balaban J connectivity index is 1.12. The highest BCUT2D eigenvalue weighted by molar-refractivity contribution is 6.27. The van der Waals surface area contributed by atoms with Crippen molar-refractivity contribution in [1.29, 1.82) is 0 Å². The van der Waals surface area contributed by atoms with Crippen LogP contribution in [0.15, 0.2) is 158 Å². The Morgan fingerprint density at radius 3 is 1.75 bits per heavy atom. The number of para-hydroxylation sites is 3. The monoisotopic (exact) mass is 722 g/mol. The van der Waals surface area contributed by atoms with Crippen molar-refractivity contribution in [1.82, 2.24) is 19.1 Å². The van der Waals surface area contributed by atoms with Crippen molar-refractivity contribution in [2.45, 2.75) is 0 Å². The molecular weight excluding hydrogens is 689 g/mol. The van der Waals surface area contributed by atoms with Crippen LogP contribution in [0.5, 0.6) is 11.5 Å². The Bertz CT molecular complexity index is 3550. The zero-order valence-corrected chi connectivity index (χ0v) is 30.7. The van der Waals surface area contributed by atoms with Gasteiger partial charge in [-0.1, -0.05) is 66.7 Å². The van der Waals surface area contributed by atoms with E-state index in [9.17, 15) is 0 Å². The van der Waals surface area contributed by atoms with Gasteiger partial charge in [-0.25, -0.2) is 0 Å². The topological polar surface area (TPSA) is 59.9 Å². The number of nitrogens with one attached hydrogen (secondary N) is 2. The van der Waals surface area contributed by atoms with Crippen LogP contribution in [-0.4, -0.2) is 33.3 Å². The van der Waals surface area contributed by atoms with Crippen LogP contribution in [0.1, 0.15) is 0 Å². The first kappa shape index (κ1) is 31.0. The smallest absolute Gasteiger partial charge is 0.120 e. The Hall–Kier alpha value is -7.44.